The van der Waals surface area contributed by atoms with Gasteiger partial charge in [0.1, 0.15) is 0 Å². The van der Waals surface area contributed by atoms with E-state index in [1.807, 2.05) is 25.1 Å². The van der Waals surface area contributed by atoms with Crippen molar-refractivity contribution in [1.29, 1.82) is 0 Å². The number of thiazole rings is 1. The lowest BCUT2D eigenvalue weighted by Crippen LogP contribution is -2.31. The number of rotatable bonds is 8. The molecule has 36 heavy (non-hydrogen) atoms. The fourth-order valence-corrected chi connectivity index (χ4v) is 5.36. The van der Waals surface area contributed by atoms with Crippen molar-refractivity contribution in [1.82, 2.24) is 4.98 Å². The van der Waals surface area contributed by atoms with Crippen LogP contribution in [-0.4, -0.2) is 35.5 Å². The predicted octanol–water partition coefficient (Wildman–Crippen LogP) is 5.64. The molecule has 2 aromatic carbocycles. The second-order valence-corrected chi connectivity index (χ2v) is 9.15. The summed E-state index contributed by atoms with van der Waals surface area (Å²) in [6, 6.07) is 13.2. The summed E-state index contributed by atoms with van der Waals surface area (Å²) in [6.45, 7) is 4.37. The van der Waals surface area contributed by atoms with E-state index in [0.717, 1.165) is 22.2 Å². The maximum absolute atomic E-state index is 13.4. The maximum atomic E-state index is 13.4. The maximum Gasteiger partial charge on any atom is 0.296 e. The zero-order chi connectivity index (χ0) is 25.4. The minimum Gasteiger partial charge on any atom is -0.503 e. The lowest BCUT2D eigenvalue weighted by atomic mass is 9.95. The van der Waals surface area contributed by atoms with Crippen molar-refractivity contribution >= 4 is 38.4 Å². The van der Waals surface area contributed by atoms with Gasteiger partial charge in [-0.25, -0.2) is 4.98 Å². The number of aliphatic hydroxyl groups is 1. The van der Waals surface area contributed by atoms with Crippen LogP contribution in [0, 0.1) is 0 Å². The number of carbonyl (C=O) groups excluding carboxylic acids is 2. The van der Waals surface area contributed by atoms with E-state index >= 15 is 0 Å². The molecule has 0 saturated heterocycles. The summed E-state index contributed by atoms with van der Waals surface area (Å²) < 4.78 is 17.4. The van der Waals surface area contributed by atoms with E-state index in [-0.39, 0.29) is 11.3 Å². The highest BCUT2D eigenvalue weighted by Crippen LogP contribution is 2.45. The Morgan fingerprint density at radius 3 is 2.69 bits per heavy atom. The van der Waals surface area contributed by atoms with E-state index in [9.17, 15) is 14.7 Å². The van der Waals surface area contributed by atoms with Crippen molar-refractivity contribution in [3.8, 4) is 11.5 Å². The smallest absolute Gasteiger partial charge is 0.296 e. The number of furan rings is 1. The summed E-state index contributed by atoms with van der Waals surface area (Å²) in [5.74, 6) is -0.944. The number of Topliss-reactive ketones (excluding diaryl/α,β-unsaturated/α-hetero) is 1. The molecular formula is C27H24N2O6S. The van der Waals surface area contributed by atoms with Gasteiger partial charge in [-0.1, -0.05) is 30.4 Å². The third kappa shape index (κ3) is 3.91. The zero-order valence-corrected chi connectivity index (χ0v) is 20.8. The Bertz CT molecular complexity index is 1490. The summed E-state index contributed by atoms with van der Waals surface area (Å²) in [5, 5.41) is 11.3. The first-order valence-electron chi connectivity index (χ1n) is 11.5. The van der Waals surface area contributed by atoms with Gasteiger partial charge < -0.3 is 19.0 Å². The van der Waals surface area contributed by atoms with Gasteiger partial charge in [0, 0.05) is 0 Å². The number of nitrogens with zero attached hydrogens (tertiary/aromatic N) is 2. The number of aliphatic hydroxyl groups excluding tert-OH is 1. The Hall–Kier alpha value is -4.11. The van der Waals surface area contributed by atoms with Crippen LogP contribution in [0.2, 0.25) is 0 Å². The summed E-state index contributed by atoms with van der Waals surface area (Å²) in [5.41, 5.74) is 2.34. The summed E-state index contributed by atoms with van der Waals surface area (Å²) in [6.07, 6.45) is 2.23. The Morgan fingerprint density at radius 2 is 2.00 bits per heavy atom. The molecule has 0 fully saturated rings. The summed E-state index contributed by atoms with van der Waals surface area (Å²) in [4.78, 5) is 32.9. The average Bonchev–Trinajstić information content (AvgIpc) is 3.62. The van der Waals surface area contributed by atoms with Crippen LogP contribution in [0.5, 0.6) is 11.5 Å². The van der Waals surface area contributed by atoms with Crippen molar-refractivity contribution in [2.24, 2.45) is 0 Å². The first-order valence-corrected chi connectivity index (χ1v) is 12.3. The number of anilines is 1. The predicted molar refractivity (Wildman–Crippen MR) is 136 cm³/mol. The second kappa shape index (κ2) is 9.50. The van der Waals surface area contributed by atoms with Crippen LogP contribution in [-0.2, 0) is 11.2 Å². The van der Waals surface area contributed by atoms with E-state index in [0.29, 0.717) is 28.8 Å². The number of hydrogen-bond acceptors (Lipinski definition) is 8. The van der Waals surface area contributed by atoms with E-state index < -0.39 is 23.5 Å². The number of hydrogen-bond donors (Lipinski definition) is 1. The largest absolute Gasteiger partial charge is 0.503 e. The number of ketones is 1. The molecule has 184 valence electrons. The Kier molecular flexibility index (Phi) is 6.24. The number of aryl methyl sites for hydroxylation is 1. The number of amides is 1. The fourth-order valence-electron chi connectivity index (χ4n) is 4.30. The molecule has 1 aliphatic rings. The molecule has 1 aliphatic heterocycles. The molecule has 0 spiro atoms. The van der Waals surface area contributed by atoms with Gasteiger partial charge in [0.15, 0.2) is 28.1 Å². The third-order valence-electron chi connectivity index (χ3n) is 6.06. The lowest BCUT2D eigenvalue weighted by Gasteiger charge is -2.25. The number of benzene rings is 2. The standard InChI is InChI=1S/C27H24N2O6S/c1-4-15-8-10-17-21(13-15)36-27(28-17)29-23(16-9-11-18(34-5-2)20(14-16)33-3)22(25(31)26(29)32)24(30)19-7-6-12-35-19/h6-14,23,31H,4-5H2,1-3H3/t23-/m0/s1. The first kappa shape index (κ1) is 23.6. The minimum absolute atomic E-state index is 0.0194. The number of methoxy groups -OCH3 is 1. The Balaban J connectivity index is 1.68. The fraction of sp³-hybridized carbons (Fsp3) is 0.222. The van der Waals surface area contributed by atoms with E-state index in [1.165, 1.54) is 35.7 Å². The molecule has 3 heterocycles. The second-order valence-electron chi connectivity index (χ2n) is 8.14. The van der Waals surface area contributed by atoms with Crippen LogP contribution < -0.4 is 14.4 Å². The Morgan fingerprint density at radius 1 is 1.17 bits per heavy atom. The summed E-state index contributed by atoms with van der Waals surface area (Å²) in [7, 11) is 1.51. The minimum atomic E-state index is -0.953. The van der Waals surface area contributed by atoms with Crippen molar-refractivity contribution in [2.45, 2.75) is 26.3 Å². The summed E-state index contributed by atoms with van der Waals surface area (Å²) >= 11 is 1.33. The molecule has 5 rings (SSSR count). The SMILES string of the molecule is CCOc1ccc([C@H]2C(C(=O)c3ccco3)=C(O)C(=O)N2c2nc3ccc(CC)cc3s2)cc1OC. The number of fused-ring (bicyclic) bond motifs is 1. The van der Waals surface area contributed by atoms with Gasteiger partial charge in [0.25, 0.3) is 5.91 Å². The van der Waals surface area contributed by atoms with Gasteiger partial charge in [0.2, 0.25) is 5.78 Å². The van der Waals surface area contributed by atoms with Gasteiger partial charge in [0.05, 0.1) is 41.8 Å². The van der Waals surface area contributed by atoms with Gasteiger partial charge in [-0.2, -0.15) is 0 Å². The van der Waals surface area contributed by atoms with Gasteiger partial charge in [-0.3, -0.25) is 14.5 Å². The molecule has 0 aliphatic carbocycles. The third-order valence-corrected chi connectivity index (χ3v) is 7.07. The highest BCUT2D eigenvalue weighted by molar-refractivity contribution is 7.22. The van der Waals surface area contributed by atoms with E-state index in [1.54, 1.807) is 24.3 Å². The van der Waals surface area contributed by atoms with Crippen molar-refractivity contribution in [3.63, 3.8) is 0 Å². The van der Waals surface area contributed by atoms with Crippen LogP contribution in [0.4, 0.5) is 5.13 Å². The topological polar surface area (TPSA) is 102 Å². The van der Waals surface area contributed by atoms with Crippen LogP contribution in [0.3, 0.4) is 0 Å². The molecule has 1 atom stereocenters. The van der Waals surface area contributed by atoms with Gasteiger partial charge >= 0.3 is 0 Å². The van der Waals surface area contributed by atoms with Gasteiger partial charge in [-0.05, 0) is 60.9 Å². The van der Waals surface area contributed by atoms with Crippen LogP contribution in [0.1, 0.15) is 41.6 Å². The molecule has 0 unspecified atom stereocenters. The number of carbonyl (C=O) groups is 2. The van der Waals surface area contributed by atoms with E-state index in [4.69, 9.17) is 13.9 Å². The molecule has 4 aromatic rings. The highest BCUT2D eigenvalue weighted by Gasteiger charge is 2.46. The monoisotopic (exact) mass is 504 g/mol. The van der Waals surface area contributed by atoms with Crippen molar-refractivity contribution < 1.29 is 28.6 Å². The average molecular weight is 505 g/mol. The van der Waals surface area contributed by atoms with Crippen molar-refractivity contribution in [2.75, 3.05) is 18.6 Å². The molecule has 2 aromatic heterocycles. The Labute approximate surface area is 211 Å². The lowest BCUT2D eigenvalue weighted by molar-refractivity contribution is -0.117. The molecule has 1 amide bonds. The van der Waals surface area contributed by atoms with Crippen LogP contribution in [0.25, 0.3) is 10.2 Å². The van der Waals surface area contributed by atoms with Crippen LogP contribution >= 0.6 is 11.3 Å². The zero-order valence-electron chi connectivity index (χ0n) is 20.0. The highest BCUT2D eigenvalue weighted by atomic mass is 32.1. The molecule has 1 N–H and O–H groups in total. The molecule has 0 bridgehead atoms. The number of ether oxygens (including phenoxy) is 2. The molecule has 0 radical (unpaired) electrons. The van der Waals surface area contributed by atoms with Crippen LogP contribution in [0.15, 0.2) is 70.5 Å². The van der Waals surface area contributed by atoms with Crippen molar-refractivity contribution in [3.05, 3.63) is 83.0 Å². The normalized spacial score (nSPS) is 15.7. The van der Waals surface area contributed by atoms with E-state index in [2.05, 4.69) is 11.9 Å². The molecule has 9 heteroatoms. The number of aromatic nitrogens is 1. The quantitative estimate of drug-likeness (QED) is 0.310. The first-order chi connectivity index (χ1) is 17.5. The molecule has 0 saturated carbocycles. The molecule has 8 nitrogen and oxygen atoms in total. The molecular weight excluding hydrogens is 480 g/mol. The van der Waals surface area contributed by atoms with Gasteiger partial charge in [-0.15, -0.1) is 0 Å².